The second kappa shape index (κ2) is 9.01. The topological polar surface area (TPSA) is 91.3 Å². The average Bonchev–Trinajstić information content (AvgIpc) is 3.38. The second-order valence-corrected chi connectivity index (χ2v) is 8.93. The number of carbonyl (C=O) groups is 1. The zero-order chi connectivity index (χ0) is 22.1. The zero-order valence-electron chi connectivity index (χ0n) is 18.8. The molecule has 4 heterocycles. The van der Waals surface area contributed by atoms with E-state index in [-0.39, 0.29) is 5.91 Å². The number of nitrogens with one attached hydrogen (secondary N) is 2. The van der Waals surface area contributed by atoms with Gasteiger partial charge in [-0.25, -0.2) is 4.98 Å². The van der Waals surface area contributed by atoms with E-state index in [0.717, 1.165) is 86.9 Å². The molecule has 170 valence electrons. The Morgan fingerprint density at radius 1 is 1.22 bits per heavy atom. The summed E-state index contributed by atoms with van der Waals surface area (Å²) in [7, 11) is 2.16. The molecule has 1 amide bonds. The first kappa shape index (κ1) is 21.1. The first-order valence-electron chi connectivity index (χ1n) is 11.4. The van der Waals surface area contributed by atoms with Gasteiger partial charge in [-0.15, -0.1) is 0 Å². The molecule has 9 heteroatoms. The number of nitrogens with zero attached hydrogens (tertiary/aromatic N) is 5. The molecule has 32 heavy (non-hydrogen) atoms. The Morgan fingerprint density at radius 2 is 2.00 bits per heavy atom. The largest absolute Gasteiger partial charge is 0.381 e. The molecule has 1 aromatic carbocycles. The standard InChI is InChI=1S/C23H31N7O2/c1-16-14-30(18-5-11-32-12-6-18)27-22(16)23(31)24-17-3-4-19-20(13-17)26-21(25-19)15-29-9-7-28(2)8-10-29/h3-4,13-14,18H,5-12,15H2,1-2H3,(H,24,31)(H,25,26). The van der Waals surface area contributed by atoms with Gasteiger partial charge in [0.25, 0.3) is 5.91 Å². The van der Waals surface area contributed by atoms with E-state index in [1.807, 2.05) is 36.0 Å². The maximum atomic E-state index is 12.9. The maximum Gasteiger partial charge on any atom is 0.276 e. The molecule has 3 aromatic rings. The zero-order valence-corrected chi connectivity index (χ0v) is 18.8. The maximum absolute atomic E-state index is 12.9. The van der Waals surface area contributed by atoms with Crippen molar-refractivity contribution in [3.63, 3.8) is 0 Å². The van der Waals surface area contributed by atoms with E-state index in [1.165, 1.54) is 0 Å². The minimum absolute atomic E-state index is 0.190. The Balaban J connectivity index is 1.27. The van der Waals surface area contributed by atoms with Crippen LogP contribution in [0.1, 0.15) is 40.8 Å². The van der Waals surface area contributed by atoms with Gasteiger partial charge < -0.3 is 19.9 Å². The number of anilines is 1. The molecule has 0 spiro atoms. The highest BCUT2D eigenvalue weighted by Crippen LogP contribution is 2.23. The van der Waals surface area contributed by atoms with Crippen molar-refractivity contribution in [3.05, 3.63) is 41.5 Å². The number of imidazole rings is 1. The van der Waals surface area contributed by atoms with Gasteiger partial charge in [0.1, 0.15) is 5.82 Å². The normalized spacial score (nSPS) is 18.9. The van der Waals surface area contributed by atoms with Crippen molar-refractivity contribution in [1.82, 2.24) is 29.5 Å². The van der Waals surface area contributed by atoms with E-state index in [4.69, 9.17) is 9.72 Å². The van der Waals surface area contributed by atoms with Crippen LogP contribution in [-0.2, 0) is 11.3 Å². The lowest BCUT2D eigenvalue weighted by Gasteiger charge is -2.31. The molecule has 0 atom stereocenters. The van der Waals surface area contributed by atoms with Crippen LogP contribution in [0.25, 0.3) is 11.0 Å². The Labute approximate surface area is 187 Å². The summed E-state index contributed by atoms with van der Waals surface area (Å²) in [4.78, 5) is 25.8. The fourth-order valence-electron chi connectivity index (χ4n) is 4.47. The Hall–Kier alpha value is -2.75. The fraction of sp³-hybridized carbons (Fsp3) is 0.522. The minimum Gasteiger partial charge on any atom is -0.381 e. The molecule has 2 aromatic heterocycles. The summed E-state index contributed by atoms with van der Waals surface area (Å²) in [6.07, 6.45) is 3.82. The van der Waals surface area contributed by atoms with Gasteiger partial charge in [0, 0.05) is 56.8 Å². The van der Waals surface area contributed by atoms with Crippen LogP contribution in [0.15, 0.2) is 24.4 Å². The number of likely N-dealkylation sites (N-methyl/N-ethyl adjacent to an activating group) is 1. The van der Waals surface area contributed by atoms with Crippen LogP contribution in [0.2, 0.25) is 0 Å². The van der Waals surface area contributed by atoms with E-state index >= 15 is 0 Å². The predicted molar refractivity (Wildman–Crippen MR) is 123 cm³/mol. The van der Waals surface area contributed by atoms with Crippen LogP contribution in [0.4, 0.5) is 5.69 Å². The average molecular weight is 438 g/mol. The van der Waals surface area contributed by atoms with Gasteiger partial charge in [0.05, 0.1) is 23.6 Å². The van der Waals surface area contributed by atoms with Gasteiger partial charge in [-0.1, -0.05) is 0 Å². The van der Waals surface area contributed by atoms with Gasteiger partial charge in [0.15, 0.2) is 5.69 Å². The molecule has 2 fully saturated rings. The number of rotatable bonds is 5. The predicted octanol–water partition coefficient (Wildman–Crippen LogP) is 2.42. The van der Waals surface area contributed by atoms with Crippen molar-refractivity contribution >= 4 is 22.6 Å². The number of aryl methyl sites for hydroxylation is 1. The summed E-state index contributed by atoms with van der Waals surface area (Å²) in [6.45, 7) is 8.50. The number of aromatic amines is 1. The van der Waals surface area contributed by atoms with Crippen LogP contribution in [0.3, 0.4) is 0 Å². The SMILES string of the molecule is Cc1cn(C2CCOCC2)nc1C(=O)Nc1ccc2nc(CN3CCN(C)CC3)[nH]c2c1. The number of carbonyl (C=O) groups excluding carboxylic acids is 1. The van der Waals surface area contributed by atoms with E-state index in [9.17, 15) is 4.79 Å². The van der Waals surface area contributed by atoms with Crippen molar-refractivity contribution < 1.29 is 9.53 Å². The number of hydrogen-bond donors (Lipinski definition) is 2. The van der Waals surface area contributed by atoms with Crippen molar-refractivity contribution in [2.75, 3.05) is 51.8 Å². The molecule has 2 saturated heterocycles. The summed E-state index contributed by atoms with van der Waals surface area (Å²) in [5.74, 6) is 0.768. The number of aromatic nitrogens is 4. The van der Waals surface area contributed by atoms with Gasteiger partial charge in [-0.2, -0.15) is 5.10 Å². The smallest absolute Gasteiger partial charge is 0.276 e. The summed E-state index contributed by atoms with van der Waals surface area (Å²) < 4.78 is 7.36. The minimum atomic E-state index is -0.190. The third-order valence-corrected chi connectivity index (χ3v) is 6.45. The van der Waals surface area contributed by atoms with E-state index < -0.39 is 0 Å². The molecule has 0 bridgehead atoms. The molecule has 0 radical (unpaired) electrons. The highest BCUT2D eigenvalue weighted by Gasteiger charge is 2.21. The first-order chi connectivity index (χ1) is 15.5. The molecule has 2 N–H and O–H groups in total. The summed E-state index contributed by atoms with van der Waals surface area (Å²) in [5.41, 5.74) is 3.92. The van der Waals surface area contributed by atoms with Crippen LogP contribution in [0.5, 0.6) is 0 Å². The lowest BCUT2D eigenvalue weighted by atomic mass is 10.1. The lowest BCUT2D eigenvalue weighted by molar-refractivity contribution is 0.0661. The van der Waals surface area contributed by atoms with Crippen molar-refractivity contribution in [2.24, 2.45) is 0 Å². The van der Waals surface area contributed by atoms with E-state index in [1.54, 1.807) is 0 Å². The monoisotopic (exact) mass is 437 g/mol. The molecule has 2 aliphatic heterocycles. The van der Waals surface area contributed by atoms with E-state index in [2.05, 4.69) is 32.2 Å². The molecular weight excluding hydrogens is 406 g/mol. The number of H-pyrrole nitrogens is 1. The number of fused-ring (bicyclic) bond motifs is 1. The van der Waals surface area contributed by atoms with Crippen LogP contribution < -0.4 is 5.32 Å². The first-order valence-corrected chi connectivity index (χ1v) is 11.4. The second-order valence-electron chi connectivity index (χ2n) is 8.93. The quantitative estimate of drug-likeness (QED) is 0.637. The van der Waals surface area contributed by atoms with Crippen LogP contribution in [-0.4, -0.2) is 81.9 Å². The molecule has 5 rings (SSSR count). The number of hydrogen-bond acceptors (Lipinski definition) is 6. The third-order valence-electron chi connectivity index (χ3n) is 6.45. The van der Waals surface area contributed by atoms with Crippen LogP contribution in [0, 0.1) is 6.92 Å². The fourth-order valence-corrected chi connectivity index (χ4v) is 4.47. The third kappa shape index (κ3) is 4.55. The van der Waals surface area contributed by atoms with Crippen molar-refractivity contribution in [1.29, 1.82) is 0 Å². The Kier molecular flexibility index (Phi) is 5.95. The molecule has 0 saturated carbocycles. The Morgan fingerprint density at radius 3 is 2.78 bits per heavy atom. The molecule has 0 aliphatic carbocycles. The molecule has 2 aliphatic rings. The van der Waals surface area contributed by atoms with Gasteiger partial charge in [-0.3, -0.25) is 14.4 Å². The highest BCUT2D eigenvalue weighted by atomic mass is 16.5. The molecular formula is C23H31N7O2. The van der Waals surface area contributed by atoms with Gasteiger partial charge >= 0.3 is 0 Å². The van der Waals surface area contributed by atoms with Gasteiger partial charge in [-0.05, 0) is 45.0 Å². The highest BCUT2D eigenvalue weighted by molar-refractivity contribution is 6.04. The number of piperazine rings is 1. The number of amides is 1. The van der Waals surface area contributed by atoms with Crippen molar-refractivity contribution in [3.8, 4) is 0 Å². The Bertz CT molecular complexity index is 1090. The van der Waals surface area contributed by atoms with Crippen LogP contribution >= 0.6 is 0 Å². The molecule has 9 nitrogen and oxygen atoms in total. The lowest BCUT2D eigenvalue weighted by Crippen LogP contribution is -2.44. The van der Waals surface area contributed by atoms with Crippen molar-refractivity contribution in [2.45, 2.75) is 32.4 Å². The number of ether oxygens (including phenoxy) is 1. The summed E-state index contributed by atoms with van der Waals surface area (Å²) in [6, 6.07) is 6.08. The molecule has 0 unspecified atom stereocenters. The number of benzene rings is 1. The summed E-state index contributed by atoms with van der Waals surface area (Å²) >= 11 is 0. The van der Waals surface area contributed by atoms with Gasteiger partial charge in [0.2, 0.25) is 0 Å². The van der Waals surface area contributed by atoms with E-state index in [0.29, 0.717) is 11.7 Å². The summed E-state index contributed by atoms with van der Waals surface area (Å²) in [5, 5.41) is 7.59.